The van der Waals surface area contributed by atoms with E-state index >= 15 is 0 Å². The molecular formula is C29H27F3N4O4. The van der Waals surface area contributed by atoms with Gasteiger partial charge in [0.05, 0.1) is 16.9 Å². The molecule has 11 heteroatoms. The lowest BCUT2D eigenvalue weighted by Gasteiger charge is -2.36. The van der Waals surface area contributed by atoms with Gasteiger partial charge in [-0.3, -0.25) is 19.7 Å². The van der Waals surface area contributed by atoms with Gasteiger partial charge in [0.2, 0.25) is 5.91 Å². The van der Waals surface area contributed by atoms with Crippen molar-refractivity contribution in [2.24, 2.45) is 0 Å². The molecule has 1 unspecified atom stereocenters. The van der Waals surface area contributed by atoms with Gasteiger partial charge in [-0.25, -0.2) is 0 Å². The van der Waals surface area contributed by atoms with Gasteiger partial charge in [-0.05, 0) is 41.8 Å². The summed E-state index contributed by atoms with van der Waals surface area (Å²) < 4.78 is 38.3. The molecule has 208 valence electrons. The van der Waals surface area contributed by atoms with Crippen LogP contribution in [0.1, 0.15) is 39.4 Å². The van der Waals surface area contributed by atoms with E-state index < -0.39 is 22.6 Å². The molecule has 3 aromatic carbocycles. The molecule has 0 radical (unpaired) electrons. The summed E-state index contributed by atoms with van der Waals surface area (Å²) >= 11 is 0. The molecule has 40 heavy (non-hydrogen) atoms. The number of hydrogen-bond acceptors (Lipinski definition) is 5. The van der Waals surface area contributed by atoms with Gasteiger partial charge >= 0.3 is 6.18 Å². The van der Waals surface area contributed by atoms with Crippen LogP contribution in [0.2, 0.25) is 0 Å². The summed E-state index contributed by atoms with van der Waals surface area (Å²) in [6, 6.07) is 18.7. The zero-order valence-corrected chi connectivity index (χ0v) is 21.4. The molecule has 2 fully saturated rings. The molecule has 2 atom stereocenters. The zero-order valence-electron chi connectivity index (χ0n) is 21.4. The third-order valence-corrected chi connectivity index (χ3v) is 7.39. The van der Waals surface area contributed by atoms with Gasteiger partial charge in [0.25, 0.3) is 11.6 Å². The van der Waals surface area contributed by atoms with E-state index in [4.69, 9.17) is 0 Å². The van der Waals surface area contributed by atoms with Crippen LogP contribution in [0.25, 0.3) is 0 Å². The maximum Gasteiger partial charge on any atom is 0.416 e. The Hall–Kier alpha value is -4.41. The third-order valence-electron chi connectivity index (χ3n) is 7.39. The summed E-state index contributed by atoms with van der Waals surface area (Å²) in [6.45, 7) is 1.63. The first-order chi connectivity index (χ1) is 19.1. The fourth-order valence-electron chi connectivity index (χ4n) is 5.04. The molecule has 3 aromatic rings. The first kappa shape index (κ1) is 27.2. The van der Waals surface area contributed by atoms with E-state index in [0.717, 1.165) is 24.1 Å². The predicted molar refractivity (Wildman–Crippen MR) is 142 cm³/mol. The minimum Gasteiger partial charge on any atom is -0.368 e. The standard InChI is InChI=1S/C29H27F3N4O4/c30-29(31,32)21-8-6-19(7-9-21)16-27(37)35-14-12-34(13-15-35)22-10-11-26(36(39)40)24(17-22)28(38)33-25-18-23(25)20-4-2-1-3-5-20/h1-11,17,23,25H,12-16,18H2,(H,33,38)/t23-,25?/m1/s1. The van der Waals surface area contributed by atoms with Crippen molar-refractivity contribution in [3.63, 3.8) is 0 Å². The van der Waals surface area contributed by atoms with E-state index in [0.29, 0.717) is 37.4 Å². The monoisotopic (exact) mass is 552 g/mol. The van der Waals surface area contributed by atoms with Crippen LogP contribution in [0.4, 0.5) is 24.5 Å². The average molecular weight is 553 g/mol. The van der Waals surface area contributed by atoms with Crippen molar-refractivity contribution in [2.45, 2.75) is 31.0 Å². The van der Waals surface area contributed by atoms with Gasteiger partial charge in [0.15, 0.2) is 0 Å². The zero-order chi connectivity index (χ0) is 28.4. The molecule has 1 saturated heterocycles. The van der Waals surface area contributed by atoms with E-state index in [1.807, 2.05) is 35.2 Å². The molecule has 5 rings (SSSR count). The molecule has 2 aliphatic rings. The quantitative estimate of drug-likeness (QED) is 0.336. The Balaban J connectivity index is 1.20. The second-order valence-electron chi connectivity index (χ2n) is 10.0. The van der Waals surface area contributed by atoms with Gasteiger partial charge < -0.3 is 15.1 Å². The van der Waals surface area contributed by atoms with Crippen molar-refractivity contribution >= 4 is 23.2 Å². The normalized spacial score (nSPS) is 18.8. The highest BCUT2D eigenvalue weighted by atomic mass is 19.4. The Morgan fingerprint density at radius 3 is 2.25 bits per heavy atom. The number of benzene rings is 3. The van der Waals surface area contributed by atoms with E-state index in [-0.39, 0.29) is 35.5 Å². The highest BCUT2D eigenvalue weighted by Gasteiger charge is 2.40. The van der Waals surface area contributed by atoms with E-state index in [1.54, 1.807) is 11.0 Å². The van der Waals surface area contributed by atoms with Gasteiger partial charge in [-0.1, -0.05) is 42.5 Å². The molecule has 1 N–H and O–H groups in total. The molecule has 2 amide bonds. The summed E-state index contributed by atoms with van der Waals surface area (Å²) in [5.74, 6) is -0.511. The molecule has 0 aromatic heterocycles. The maximum absolute atomic E-state index is 13.1. The number of nitrogens with one attached hydrogen (secondary N) is 1. The molecular weight excluding hydrogens is 525 g/mol. The van der Waals surface area contributed by atoms with Crippen LogP contribution in [0.3, 0.4) is 0 Å². The number of nitro benzene ring substituents is 1. The number of piperazine rings is 1. The first-order valence-corrected chi connectivity index (χ1v) is 12.9. The first-order valence-electron chi connectivity index (χ1n) is 12.9. The van der Waals surface area contributed by atoms with Crippen LogP contribution in [0.15, 0.2) is 72.8 Å². The van der Waals surface area contributed by atoms with Crippen LogP contribution >= 0.6 is 0 Å². The third kappa shape index (κ3) is 6.08. The van der Waals surface area contributed by atoms with Crippen LogP contribution < -0.4 is 10.2 Å². The Morgan fingerprint density at radius 2 is 1.62 bits per heavy atom. The topological polar surface area (TPSA) is 95.8 Å². The Labute approximate surface area is 228 Å². The number of hydrogen-bond donors (Lipinski definition) is 1. The predicted octanol–water partition coefficient (Wildman–Crippen LogP) is 4.79. The van der Waals surface area contributed by atoms with Crippen molar-refractivity contribution in [2.75, 3.05) is 31.1 Å². The number of rotatable bonds is 7. The molecule has 1 aliphatic heterocycles. The van der Waals surface area contributed by atoms with Gasteiger partial charge in [-0.15, -0.1) is 0 Å². The number of carbonyl (C=O) groups is 2. The average Bonchev–Trinajstić information content (AvgIpc) is 3.72. The number of carbonyl (C=O) groups excluding carboxylic acids is 2. The minimum absolute atomic E-state index is 0.00880. The SMILES string of the molecule is O=C(NC1C[C@@H]1c1ccccc1)c1cc(N2CCN(C(=O)Cc3ccc(C(F)(F)F)cc3)CC2)ccc1[N+](=O)[O-]. The summed E-state index contributed by atoms with van der Waals surface area (Å²) in [4.78, 5) is 40.5. The van der Waals surface area contributed by atoms with Gasteiger partial charge in [-0.2, -0.15) is 13.2 Å². The summed E-state index contributed by atoms with van der Waals surface area (Å²) in [6.07, 6.45) is -3.67. The molecule has 1 heterocycles. The molecule has 1 aliphatic carbocycles. The van der Waals surface area contributed by atoms with Crippen LogP contribution in [-0.4, -0.2) is 53.9 Å². The number of nitrogens with zero attached hydrogens (tertiary/aromatic N) is 3. The summed E-state index contributed by atoms with van der Waals surface area (Å²) in [5.41, 5.74) is 1.20. The van der Waals surface area contributed by atoms with Crippen LogP contribution in [-0.2, 0) is 17.4 Å². The summed E-state index contributed by atoms with van der Waals surface area (Å²) in [7, 11) is 0. The number of halogens is 3. The minimum atomic E-state index is -4.43. The number of anilines is 1. The number of nitro groups is 1. The Bertz CT molecular complexity index is 1410. The lowest BCUT2D eigenvalue weighted by molar-refractivity contribution is -0.385. The highest BCUT2D eigenvalue weighted by molar-refractivity contribution is 5.99. The van der Waals surface area contributed by atoms with Crippen molar-refractivity contribution < 1.29 is 27.7 Å². The van der Waals surface area contributed by atoms with Crippen LogP contribution in [0.5, 0.6) is 0 Å². The molecule has 0 spiro atoms. The number of amides is 2. The van der Waals surface area contributed by atoms with E-state index in [2.05, 4.69) is 5.32 Å². The Morgan fingerprint density at radius 1 is 0.950 bits per heavy atom. The molecule has 8 nitrogen and oxygen atoms in total. The van der Waals surface area contributed by atoms with Crippen molar-refractivity contribution in [1.29, 1.82) is 0 Å². The number of alkyl halides is 3. The second-order valence-corrected chi connectivity index (χ2v) is 10.0. The van der Waals surface area contributed by atoms with Crippen LogP contribution in [0, 0.1) is 10.1 Å². The van der Waals surface area contributed by atoms with Crippen molar-refractivity contribution in [3.05, 3.63) is 105 Å². The fourth-order valence-corrected chi connectivity index (χ4v) is 5.04. The lowest BCUT2D eigenvalue weighted by Crippen LogP contribution is -2.49. The highest BCUT2D eigenvalue weighted by Crippen LogP contribution is 2.41. The largest absolute Gasteiger partial charge is 0.416 e. The van der Waals surface area contributed by atoms with E-state index in [9.17, 15) is 32.9 Å². The second kappa shape index (κ2) is 11.0. The fraction of sp³-hybridized carbons (Fsp3) is 0.310. The summed E-state index contributed by atoms with van der Waals surface area (Å²) in [5, 5.41) is 14.6. The van der Waals surface area contributed by atoms with Gasteiger partial charge in [0.1, 0.15) is 5.56 Å². The van der Waals surface area contributed by atoms with Crippen molar-refractivity contribution in [3.8, 4) is 0 Å². The van der Waals surface area contributed by atoms with Crippen molar-refractivity contribution in [1.82, 2.24) is 10.2 Å². The molecule has 1 saturated carbocycles. The Kier molecular flexibility index (Phi) is 7.46. The smallest absolute Gasteiger partial charge is 0.368 e. The van der Waals surface area contributed by atoms with E-state index in [1.165, 1.54) is 24.3 Å². The lowest BCUT2D eigenvalue weighted by atomic mass is 10.1. The van der Waals surface area contributed by atoms with Gasteiger partial charge in [0, 0.05) is 49.9 Å². The maximum atomic E-state index is 13.1. The molecule has 0 bridgehead atoms.